The third kappa shape index (κ3) is 3.61. The summed E-state index contributed by atoms with van der Waals surface area (Å²) in [6.45, 7) is 13.0. The van der Waals surface area contributed by atoms with E-state index in [-0.39, 0.29) is 5.41 Å². The van der Waals surface area contributed by atoms with E-state index in [1.165, 1.54) is 55.6 Å². The number of aryl methyl sites for hydroxylation is 2. The van der Waals surface area contributed by atoms with Gasteiger partial charge in [0.25, 0.3) is 0 Å². The van der Waals surface area contributed by atoms with E-state index in [1.54, 1.807) is 0 Å². The summed E-state index contributed by atoms with van der Waals surface area (Å²) in [5.41, 5.74) is 13.4. The lowest BCUT2D eigenvalue weighted by Gasteiger charge is -2.22. The van der Waals surface area contributed by atoms with Crippen LogP contribution in [0.1, 0.15) is 49.9 Å². The van der Waals surface area contributed by atoms with Gasteiger partial charge >= 0.3 is 0 Å². The molecule has 1 aliphatic carbocycles. The molecule has 1 aliphatic rings. The summed E-state index contributed by atoms with van der Waals surface area (Å²) in [5, 5.41) is 0. The van der Waals surface area contributed by atoms with E-state index >= 15 is 0 Å². The smallest absolute Gasteiger partial charge is 0.0159 e. The normalized spacial score (nSPS) is 13.1. The highest BCUT2D eigenvalue weighted by atomic mass is 14.4. The Hall–Kier alpha value is -3.12. The van der Waals surface area contributed by atoms with Crippen molar-refractivity contribution in [3.8, 4) is 33.4 Å². The maximum Gasteiger partial charge on any atom is 0.0159 e. The molecule has 0 aliphatic heterocycles. The van der Waals surface area contributed by atoms with Gasteiger partial charge in [0.15, 0.2) is 0 Å². The van der Waals surface area contributed by atoms with Crippen LogP contribution in [0.15, 0.2) is 84.9 Å². The molecule has 4 aromatic rings. The standard InChI is InChI=1S/C29H26.C2H6/c1-19-9-10-23(17-20(19)2)21-11-13-22(14-12-21)24-15-16-26-25-7-5-6-8-27(25)29(3,4)28(26)18-24;1-2/h5-18H,1-4H3;1-2H3. The van der Waals surface area contributed by atoms with Crippen molar-refractivity contribution in [2.45, 2.75) is 47.0 Å². The van der Waals surface area contributed by atoms with E-state index in [2.05, 4.69) is 113 Å². The van der Waals surface area contributed by atoms with Gasteiger partial charge in [0, 0.05) is 5.41 Å². The molecule has 0 atom stereocenters. The van der Waals surface area contributed by atoms with Crippen molar-refractivity contribution < 1.29 is 0 Å². The van der Waals surface area contributed by atoms with E-state index in [4.69, 9.17) is 0 Å². The van der Waals surface area contributed by atoms with E-state index in [1.807, 2.05) is 13.8 Å². The Kier molecular flexibility index (Phi) is 5.58. The minimum absolute atomic E-state index is 0.0430. The Morgan fingerprint density at radius 3 is 1.65 bits per heavy atom. The number of hydrogen-bond acceptors (Lipinski definition) is 0. The number of fused-ring (bicyclic) bond motifs is 3. The molecule has 5 rings (SSSR count). The third-order valence-corrected chi connectivity index (χ3v) is 6.64. The van der Waals surface area contributed by atoms with Crippen LogP contribution >= 0.6 is 0 Å². The van der Waals surface area contributed by atoms with Gasteiger partial charge in [-0.25, -0.2) is 0 Å². The summed E-state index contributed by atoms with van der Waals surface area (Å²) < 4.78 is 0. The molecule has 0 radical (unpaired) electrons. The van der Waals surface area contributed by atoms with Crippen molar-refractivity contribution in [1.82, 2.24) is 0 Å². The van der Waals surface area contributed by atoms with E-state index < -0.39 is 0 Å². The molecular weight excluding hydrogens is 372 g/mol. The van der Waals surface area contributed by atoms with Crippen LogP contribution in [0.3, 0.4) is 0 Å². The monoisotopic (exact) mass is 404 g/mol. The van der Waals surface area contributed by atoms with Gasteiger partial charge in [0.05, 0.1) is 0 Å². The van der Waals surface area contributed by atoms with Gasteiger partial charge in [0.2, 0.25) is 0 Å². The van der Waals surface area contributed by atoms with Crippen LogP contribution in [0.25, 0.3) is 33.4 Å². The minimum Gasteiger partial charge on any atom is -0.0683 e. The first-order valence-corrected chi connectivity index (χ1v) is 11.4. The lowest BCUT2D eigenvalue weighted by Crippen LogP contribution is -2.14. The summed E-state index contributed by atoms with van der Waals surface area (Å²) in [6, 6.07) is 31.5. The van der Waals surface area contributed by atoms with Gasteiger partial charge in [-0.3, -0.25) is 0 Å². The molecule has 0 saturated carbocycles. The van der Waals surface area contributed by atoms with Crippen LogP contribution in [0.2, 0.25) is 0 Å². The predicted molar refractivity (Wildman–Crippen MR) is 136 cm³/mol. The highest BCUT2D eigenvalue weighted by Crippen LogP contribution is 2.49. The zero-order valence-electron chi connectivity index (χ0n) is 19.6. The van der Waals surface area contributed by atoms with E-state index in [0.717, 1.165) is 0 Å². The van der Waals surface area contributed by atoms with Crippen LogP contribution in [-0.4, -0.2) is 0 Å². The second-order valence-electron chi connectivity index (χ2n) is 8.81. The first kappa shape index (κ1) is 21.1. The first-order valence-electron chi connectivity index (χ1n) is 11.4. The number of benzene rings is 4. The van der Waals surface area contributed by atoms with Crippen LogP contribution < -0.4 is 0 Å². The van der Waals surface area contributed by atoms with Gasteiger partial charge in [-0.15, -0.1) is 0 Å². The van der Waals surface area contributed by atoms with Crippen LogP contribution in [-0.2, 0) is 5.41 Å². The van der Waals surface area contributed by atoms with Crippen LogP contribution in [0.4, 0.5) is 0 Å². The minimum atomic E-state index is 0.0430. The summed E-state index contributed by atoms with van der Waals surface area (Å²) in [6.07, 6.45) is 0. The first-order chi connectivity index (χ1) is 14.9. The van der Waals surface area contributed by atoms with Crippen molar-refractivity contribution in [3.05, 3.63) is 107 Å². The summed E-state index contributed by atoms with van der Waals surface area (Å²) >= 11 is 0. The van der Waals surface area contributed by atoms with Gasteiger partial charge in [-0.1, -0.05) is 107 Å². The van der Waals surface area contributed by atoms with Gasteiger partial charge < -0.3 is 0 Å². The second-order valence-corrected chi connectivity index (χ2v) is 8.81. The van der Waals surface area contributed by atoms with Crippen molar-refractivity contribution in [1.29, 1.82) is 0 Å². The lowest BCUT2D eigenvalue weighted by molar-refractivity contribution is 0.660. The Morgan fingerprint density at radius 1 is 0.484 bits per heavy atom. The van der Waals surface area contributed by atoms with Gasteiger partial charge in [0.1, 0.15) is 0 Å². The fourth-order valence-corrected chi connectivity index (χ4v) is 4.66. The Bertz CT molecular complexity index is 1220. The molecule has 0 bridgehead atoms. The Labute approximate surface area is 187 Å². The van der Waals surface area contributed by atoms with E-state index in [9.17, 15) is 0 Å². The maximum absolute atomic E-state index is 2.39. The molecule has 4 aromatic carbocycles. The Morgan fingerprint density at radius 2 is 1.00 bits per heavy atom. The summed E-state index contributed by atoms with van der Waals surface area (Å²) in [5.74, 6) is 0. The molecule has 0 aromatic heterocycles. The SMILES string of the molecule is CC.Cc1ccc(-c2ccc(-c3ccc4c(c3)C(C)(C)c3ccccc3-4)cc2)cc1C. The summed E-state index contributed by atoms with van der Waals surface area (Å²) in [7, 11) is 0. The zero-order valence-corrected chi connectivity index (χ0v) is 19.6. The average molecular weight is 405 g/mol. The van der Waals surface area contributed by atoms with Crippen molar-refractivity contribution in [2.75, 3.05) is 0 Å². The van der Waals surface area contributed by atoms with Gasteiger partial charge in [-0.2, -0.15) is 0 Å². The molecule has 0 N–H and O–H groups in total. The van der Waals surface area contributed by atoms with Crippen molar-refractivity contribution in [2.24, 2.45) is 0 Å². The predicted octanol–water partition coefficient (Wildman–Crippen LogP) is 8.97. The Balaban J connectivity index is 0.00000112. The maximum atomic E-state index is 2.39. The van der Waals surface area contributed by atoms with Crippen LogP contribution in [0.5, 0.6) is 0 Å². The molecule has 31 heavy (non-hydrogen) atoms. The molecule has 0 saturated heterocycles. The van der Waals surface area contributed by atoms with Crippen molar-refractivity contribution >= 4 is 0 Å². The number of hydrogen-bond donors (Lipinski definition) is 0. The fourth-order valence-electron chi connectivity index (χ4n) is 4.66. The quantitative estimate of drug-likeness (QED) is 0.313. The molecule has 0 heterocycles. The molecule has 0 spiro atoms. The molecule has 0 fully saturated rings. The third-order valence-electron chi connectivity index (χ3n) is 6.64. The second kappa shape index (κ2) is 8.19. The van der Waals surface area contributed by atoms with Gasteiger partial charge in [-0.05, 0) is 75.5 Å². The largest absolute Gasteiger partial charge is 0.0683 e. The average Bonchev–Trinajstić information content (AvgIpc) is 3.04. The molecule has 0 nitrogen and oxygen atoms in total. The number of rotatable bonds is 2. The summed E-state index contributed by atoms with van der Waals surface area (Å²) in [4.78, 5) is 0. The highest BCUT2D eigenvalue weighted by molar-refractivity contribution is 5.83. The van der Waals surface area contributed by atoms with E-state index in [0.29, 0.717) is 0 Å². The molecule has 0 amide bonds. The zero-order chi connectivity index (χ0) is 22.2. The topological polar surface area (TPSA) is 0 Å². The van der Waals surface area contributed by atoms with Crippen molar-refractivity contribution in [3.63, 3.8) is 0 Å². The lowest BCUT2D eigenvalue weighted by atomic mass is 9.81. The molecule has 0 unspecified atom stereocenters. The molecule has 156 valence electrons. The van der Waals surface area contributed by atoms with Crippen LogP contribution in [0, 0.1) is 13.8 Å². The molecule has 0 heteroatoms. The highest BCUT2D eigenvalue weighted by Gasteiger charge is 2.35. The molecular formula is C31H32. The fraction of sp³-hybridized carbons (Fsp3) is 0.226.